The van der Waals surface area contributed by atoms with Crippen molar-refractivity contribution < 1.29 is 4.74 Å². The largest absolute Gasteiger partial charge is 0.497 e. The predicted molar refractivity (Wildman–Crippen MR) is 90.8 cm³/mol. The molecule has 2 aromatic carbocycles. The van der Waals surface area contributed by atoms with Crippen molar-refractivity contribution in [3.05, 3.63) is 61.6 Å². The molecule has 0 aliphatic heterocycles. The summed E-state index contributed by atoms with van der Waals surface area (Å²) in [5.74, 6) is 0.855. The van der Waals surface area contributed by atoms with Crippen molar-refractivity contribution in [1.82, 2.24) is 5.32 Å². The second kappa shape index (κ2) is 6.72. The topological polar surface area (TPSA) is 21.3 Å². The van der Waals surface area contributed by atoms with E-state index in [1.165, 1.54) is 14.7 Å². The van der Waals surface area contributed by atoms with Gasteiger partial charge in [-0.05, 0) is 65.0 Å². The Bertz CT molecular complexity index is 574. The van der Waals surface area contributed by atoms with Gasteiger partial charge >= 0.3 is 0 Å². The molecule has 0 aliphatic rings. The van der Waals surface area contributed by atoms with Crippen LogP contribution in [0.1, 0.15) is 17.2 Å². The number of nitrogens with one attached hydrogen (secondary N) is 1. The Morgan fingerprint density at radius 3 is 2.58 bits per heavy atom. The summed E-state index contributed by atoms with van der Waals surface area (Å²) < 4.78 is 7.52. The minimum atomic E-state index is 0.162. The molecule has 2 nitrogen and oxygen atoms in total. The quantitative estimate of drug-likeness (QED) is 0.725. The molecule has 0 bridgehead atoms. The summed E-state index contributed by atoms with van der Waals surface area (Å²) >= 11 is 5.96. The Morgan fingerprint density at radius 1 is 1.21 bits per heavy atom. The lowest BCUT2D eigenvalue weighted by molar-refractivity contribution is 0.414. The van der Waals surface area contributed by atoms with Gasteiger partial charge in [0.2, 0.25) is 0 Å². The Morgan fingerprint density at radius 2 is 2.00 bits per heavy atom. The predicted octanol–water partition coefficient (Wildman–Crippen LogP) is 4.37. The molecule has 1 unspecified atom stereocenters. The SMILES string of the molecule is CNC(c1cccc(I)c1)c1ccc(OC)cc1Br. The van der Waals surface area contributed by atoms with Crippen molar-refractivity contribution in [2.45, 2.75) is 6.04 Å². The summed E-state index contributed by atoms with van der Waals surface area (Å²) in [6, 6.07) is 14.7. The van der Waals surface area contributed by atoms with Crippen molar-refractivity contribution in [2.24, 2.45) is 0 Å². The minimum absolute atomic E-state index is 0.162. The van der Waals surface area contributed by atoms with Crippen LogP contribution in [0.5, 0.6) is 5.75 Å². The third kappa shape index (κ3) is 3.49. The maximum atomic E-state index is 5.24. The van der Waals surface area contributed by atoms with Gasteiger partial charge < -0.3 is 10.1 Å². The molecule has 0 radical (unpaired) electrons. The van der Waals surface area contributed by atoms with E-state index in [0.717, 1.165) is 10.2 Å². The molecule has 0 saturated heterocycles. The zero-order chi connectivity index (χ0) is 13.8. The second-order valence-corrected chi connectivity index (χ2v) is 6.26. The fourth-order valence-electron chi connectivity index (χ4n) is 2.06. The van der Waals surface area contributed by atoms with Crippen LogP contribution in [0.2, 0.25) is 0 Å². The van der Waals surface area contributed by atoms with E-state index in [4.69, 9.17) is 4.74 Å². The molecule has 0 aliphatic carbocycles. The van der Waals surface area contributed by atoms with Crippen LogP contribution >= 0.6 is 38.5 Å². The highest BCUT2D eigenvalue weighted by Gasteiger charge is 2.15. The van der Waals surface area contributed by atoms with Crippen molar-refractivity contribution >= 4 is 38.5 Å². The lowest BCUT2D eigenvalue weighted by atomic mass is 9.99. The Hall–Kier alpha value is -0.590. The van der Waals surface area contributed by atoms with Crippen LogP contribution in [0.4, 0.5) is 0 Å². The molecular formula is C15H15BrINO. The second-order valence-electron chi connectivity index (χ2n) is 4.16. The summed E-state index contributed by atoms with van der Waals surface area (Å²) in [6.45, 7) is 0. The summed E-state index contributed by atoms with van der Waals surface area (Å²) in [6.07, 6.45) is 0. The Balaban J connectivity index is 2.42. The fourth-order valence-corrected chi connectivity index (χ4v) is 3.21. The van der Waals surface area contributed by atoms with Gasteiger partial charge in [-0.3, -0.25) is 0 Å². The van der Waals surface area contributed by atoms with Crippen LogP contribution in [0.25, 0.3) is 0 Å². The van der Waals surface area contributed by atoms with E-state index in [1.54, 1.807) is 7.11 Å². The van der Waals surface area contributed by atoms with E-state index in [2.05, 4.69) is 74.2 Å². The van der Waals surface area contributed by atoms with Crippen molar-refractivity contribution in [3.8, 4) is 5.75 Å². The monoisotopic (exact) mass is 431 g/mol. The highest BCUT2D eigenvalue weighted by Crippen LogP contribution is 2.31. The molecule has 2 rings (SSSR count). The lowest BCUT2D eigenvalue weighted by Crippen LogP contribution is -2.18. The zero-order valence-corrected chi connectivity index (χ0v) is 14.5. The van der Waals surface area contributed by atoms with Crippen LogP contribution in [0, 0.1) is 3.57 Å². The number of benzene rings is 2. The minimum Gasteiger partial charge on any atom is -0.497 e. The number of hydrogen-bond donors (Lipinski definition) is 1. The first-order valence-electron chi connectivity index (χ1n) is 5.92. The van der Waals surface area contributed by atoms with Gasteiger partial charge in [0.1, 0.15) is 5.75 Å². The third-order valence-electron chi connectivity index (χ3n) is 2.99. The molecule has 0 fully saturated rings. The normalized spacial score (nSPS) is 12.2. The van der Waals surface area contributed by atoms with Crippen LogP contribution in [-0.2, 0) is 0 Å². The van der Waals surface area contributed by atoms with Gasteiger partial charge in [-0.25, -0.2) is 0 Å². The summed E-state index contributed by atoms with van der Waals surface area (Å²) in [7, 11) is 3.65. The number of rotatable bonds is 4. The van der Waals surface area contributed by atoms with Gasteiger partial charge in [0.15, 0.2) is 0 Å². The van der Waals surface area contributed by atoms with Crippen LogP contribution < -0.4 is 10.1 Å². The molecule has 2 aromatic rings. The molecular weight excluding hydrogens is 417 g/mol. The molecule has 19 heavy (non-hydrogen) atoms. The molecule has 1 atom stereocenters. The average molecular weight is 432 g/mol. The number of hydrogen-bond acceptors (Lipinski definition) is 2. The smallest absolute Gasteiger partial charge is 0.120 e. The van der Waals surface area contributed by atoms with Crippen LogP contribution in [0.15, 0.2) is 46.9 Å². The molecule has 1 N–H and O–H groups in total. The van der Waals surface area contributed by atoms with Gasteiger partial charge in [-0.1, -0.05) is 34.1 Å². The fraction of sp³-hybridized carbons (Fsp3) is 0.200. The van der Waals surface area contributed by atoms with Gasteiger partial charge in [-0.2, -0.15) is 0 Å². The molecule has 0 spiro atoms. The van der Waals surface area contributed by atoms with E-state index in [-0.39, 0.29) is 6.04 Å². The highest BCUT2D eigenvalue weighted by atomic mass is 127. The maximum absolute atomic E-state index is 5.24. The first-order chi connectivity index (χ1) is 9.15. The molecule has 100 valence electrons. The van der Waals surface area contributed by atoms with E-state index in [9.17, 15) is 0 Å². The average Bonchev–Trinajstić information content (AvgIpc) is 2.41. The van der Waals surface area contributed by atoms with Crippen LogP contribution in [-0.4, -0.2) is 14.2 Å². The number of methoxy groups -OCH3 is 1. The Labute approximate surface area is 135 Å². The van der Waals surface area contributed by atoms with Gasteiger partial charge in [0.25, 0.3) is 0 Å². The van der Waals surface area contributed by atoms with Gasteiger partial charge in [0.05, 0.1) is 13.2 Å². The highest BCUT2D eigenvalue weighted by molar-refractivity contribution is 14.1. The van der Waals surface area contributed by atoms with E-state index < -0.39 is 0 Å². The molecule has 0 saturated carbocycles. The van der Waals surface area contributed by atoms with E-state index in [0.29, 0.717) is 0 Å². The van der Waals surface area contributed by atoms with E-state index in [1.807, 2.05) is 19.2 Å². The maximum Gasteiger partial charge on any atom is 0.120 e. The number of ether oxygens (including phenoxy) is 1. The Kier molecular flexibility index (Phi) is 5.24. The zero-order valence-electron chi connectivity index (χ0n) is 10.8. The summed E-state index contributed by atoms with van der Waals surface area (Å²) in [5.41, 5.74) is 2.45. The van der Waals surface area contributed by atoms with Gasteiger partial charge in [0, 0.05) is 8.04 Å². The summed E-state index contributed by atoms with van der Waals surface area (Å²) in [5, 5.41) is 3.37. The van der Waals surface area contributed by atoms with Gasteiger partial charge in [-0.15, -0.1) is 0 Å². The molecule has 0 heterocycles. The first kappa shape index (κ1) is 14.8. The van der Waals surface area contributed by atoms with Crippen molar-refractivity contribution in [2.75, 3.05) is 14.2 Å². The van der Waals surface area contributed by atoms with E-state index >= 15 is 0 Å². The number of halogens is 2. The lowest BCUT2D eigenvalue weighted by Gasteiger charge is -2.19. The molecule has 0 amide bonds. The third-order valence-corrected chi connectivity index (χ3v) is 4.35. The van der Waals surface area contributed by atoms with Crippen molar-refractivity contribution in [1.29, 1.82) is 0 Å². The summed E-state index contributed by atoms with van der Waals surface area (Å²) in [4.78, 5) is 0. The molecule has 0 aromatic heterocycles. The van der Waals surface area contributed by atoms with Crippen LogP contribution in [0.3, 0.4) is 0 Å². The first-order valence-corrected chi connectivity index (χ1v) is 7.79. The molecule has 4 heteroatoms. The van der Waals surface area contributed by atoms with Crippen molar-refractivity contribution in [3.63, 3.8) is 0 Å². The standard InChI is InChI=1S/C15H15BrINO/c1-18-15(10-4-3-5-11(17)8-10)13-7-6-12(19-2)9-14(13)16/h3-9,15,18H,1-2H3.